The van der Waals surface area contributed by atoms with Gasteiger partial charge in [-0.2, -0.15) is 0 Å². The van der Waals surface area contributed by atoms with Gasteiger partial charge in [0.25, 0.3) is 0 Å². The molecule has 0 aromatic carbocycles. The standard InChI is InChI=1S/C8H20N2O/c1-2-4-9-5-3-6-10-7-8-11/h9-11H,2-8H2,1H3. The van der Waals surface area contributed by atoms with Gasteiger partial charge in [-0.3, -0.25) is 0 Å². The van der Waals surface area contributed by atoms with Crippen molar-refractivity contribution in [2.45, 2.75) is 19.8 Å². The van der Waals surface area contributed by atoms with Crippen LogP contribution in [0.4, 0.5) is 0 Å². The number of nitrogens with one attached hydrogen (secondary N) is 2. The van der Waals surface area contributed by atoms with E-state index < -0.39 is 0 Å². The van der Waals surface area contributed by atoms with Crippen molar-refractivity contribution in [2.24, 2.45) is 0 Å². The Labute approximate surface area is 69.2 Å². The van der Waals surface area contributed by atoms with Crippen LogP contribution in [0.1, 0.15) is 19.8 Å². The first kappa shape index (κ1) is 10.9. The lowest BCUT2D eigenvalue weighted by molar-refractivity contribution is 0.292. The molecule has 0 saturated heterocycles. The van der Waals surface area contributed by atoms with Crippen molar-refractivity contribution >= 4 is 0 Å². The zero-order valence-corrected chi connectivity index (χ0v) is 7.40. The fraction of sp³-hybridized carbons (Fsp3) is 1.00. The topological polar surface area (TPSA) is 44.3 Å². The molecule has 0 aliphatic carbocycles. The first-order valence-electron chi connectivity index (χ1n) is 4.44. The second-order valence-corrected chi connectivity index (χ2v) is 2.58. The molecule has 0 aromatic rings. The summed E-state index contributed by atoms with van der Waals surface area (Å²) in [5.41, 5.74) is 0. The van der Waals surface area contributed by atoms with Crippen LogP contribution < -0.4 is 10.6 Å². The van der Waals surface area contributed by atoms with E-state index in [1.54, 1.807) is 0 Å². The predicted octanol–water partition coefficient (Wildman–Crippen LogP) is -0.0420. The van der Waals surface area contributed by atoms with E-state index in [1.165, 1.54) is 6.42 Å². The number of hydrogen-bond acceptors (Lipinski definition) is 3. The Morgan fingerprint density at radius 3 is 2.18 bits per heavy atom. The molecule has 3 heteroatoms. The Hall–Kier alpha value is -0.120. The van der Waals surface area contributed by atoms with E-state index in [0.717, 1.165) is 26.1 Å². The molecule has 0 unspecified atom stereocenters. The predicted molar refractivity (Wildman–Crippen MR) is 47.7 cm³/mol. The minimum Gasteiger partial charge on any atom is -0.395 e. The molecule has 0 aliphatic rings. The Kier molecular flexibility index (Phi) is 9.77. The summed E-state index contributed by atoms with van der Waals surface area (Å²) >= 11 is 0. The third kappa shape index (κ3) is 9.88. The highest BCUT2D eigenvalue weighted by atomic mass is 16.3. The second kappa shape index (κ2) is 9.88. The van der Waals surface area contributed by atoms with Gasteiger partial charge in [-0.05, 0) is 32.5 Å². The molecule has 0 spiro atoms. The smallest absolute Gasteiger partial charge is 0.0555 e. The van der Waals surface area contributed by atoms with E-state index in [0.29, 0.717) is 6.54 Å². The Bertz CT molecular complexity index is 61.1. The highest BCUT2D eigenvalue weighted by molar-refractivity contribution is 4.50. The van der Waals surface area contributed by atoms with Crippen molar-refractivity contribution in [1.82, 2.24) is 10.6 Å². The molecule has 11 heavy (non-hydrogen) atoms. The quantitative estimate of drug-likeness (QED) is 0.436. The van der Waals surface area contributed by atoms with Gasteiger partial charge in [-0.15, -0.1) is 0 Å². The Morgan fingerprint density at radius 2 is 1.64 bits per heavy atom. The number of hydrogen-bond donors (Lipinski definition) is 3. The summed E-state index contributed by atoms with van der Waals surface area (Å²) in [6.45, 7) is 6.30. The van der Waals surface area contributed by atoms with Crippen molar-refractivity contribution in [3.05, 3.63) is 0 Å². The van der Waals surface area contributed by atoms with Crippen molar-refractivity contribution in [3.63, 3.8) is 0 Å². The highest BCUT2D eigenvalue weighted by Crippen LogP contribution is 1.74. The molecule has 0 fully saturated rings. The summed E-state index contributed by atoms with van der Waals surface area (Å²) in [7, 11) is 0. The third-order valence-electron chi connectivity index (χ3n) is 1.42. The van der Waals surface area contributed by atoms with E-state index in [-0.39, 0.29) is 6.61 Å². The summed E-state index contributed by atoms with van der Waals surface area (Å²) in [5, 5.41) is 14.9. The van der Waals surface area contributed by atoms with Crippen LogP contribution in [0.15, 0.2) is 0 Å². The first-order valence-corrected chi connectivity index (χ1v) is 4.44. The first-order chi connectivity index (χ1) is 5.41. The molecule has 68 valence electrons. The highest BCUT2D eigenvalue weighted by Gasteiger charge is 1.86. The van der Waals surface area contributed by atoms with Gasteiger partial charge in [0.05, 0.1) is 6.61 Å². The molecule has 0 amide bonds. The summed E-state index contributed by atoms with van der Waals surface area (Å²) in [4.78, 5) is 0. The van der Waals surface area contributed by atoms with Crippen LogP contribution in [-0.4, -0.2) is 37.9 Å². The van der Waals surface area contributed by atoms with E-state index >= 15 is 0 Å². The molecule has 0 heterocycles. The minimum atomic E-state index is 0.238. The molecule has 0 rings (SSSR count). The van der Waals surface area contributed by atoms with Gasteiger partial charge in [0.1, 0.15) is 0 Å². The van der Waals surface area contributed by atoms with E-state index in [4.69, 9.17) is 5.11 Å². The van der Waals surface area contributed by atoms with Crippen LogP contribution in [0, 0.1) is 0 Å². The zero-order chi connectivity index (χ0) is 8.36. The average Bonchev–Trinajstić information content (AvgIpc) is 2.03. The second-order valence-electron chi connectivity index (χ2n) is 2.58. The molecule has 0 radical (unpaired) electrons. The van der Waals surface area contributed by atoms with Crippen molar-refractivity contribution in [1.29, 1.82) is 0 Å². The van der Waals surface area contributed by atoms with Gasteiger partial charge in [-0.1, -0.05) is 6.92 Å². The molecule has 0 bridgehead atoms. The summed E-state index contributed by atoms with van der Waals surface area (Å²) < 4.78 is 0. The van der Waals surface area contributed by atoms with Gasteiger partial charge in [0.2, 0.25) is 0 Å². The lowest BCUT2D eigenvalue weighted by atomic mass is 10.4. The zero-order valence-electron chi connectivity index (χ0n) is 7.40. The van der Waals surface area contributed by atoms with Crippen LogP contribution in [-0.2, 0) is 0 Å². The van der Waals surface area contributed by atoms with Crippen LogP contribution in [0.2, 0.25) is 0 Å². The largest absolute Gasteiger partial charge is 0.395 e. The van der Waals surface area contributed by atoms with E-state index in [2.05, 4.69) is 17.6 Å². The molecule has 0 atom stereocenters. The Balaban J connectivity index is 2.69. The average molecular weight is 160 g/mol. The van der Waals surface area contributed by atoms with Gasteiger partial charge in [-0.25, -0.2) is 0 Å². The maximum atomic E-state index is 8.43. The summed E-state index contributed by atoms with van der Waals surface area (Å²) in [5.74, 6) is 0. The van der Waals surface area contributed by atoms with E-state index in [9.17, 15) is 0 Å². The molecule has 0 saturated carbocycles. The van der Waals surface area contributed by atoms with Gasteiger partial charge >= 0.3 is 0 Å². The molecular weight excluding hydrogens is 140 g/mol. The summed E-state index contributed by atoms with van der Waals surface area (Å²) in [6, 6.07) is 0. The molecule has 3 nitrogen and oxygen atoms in total. The van der Waals surface area contributed by atoms with Crippen molar-refractivity contribution < 1.29 is 5.11 Å². The molecular formula is C8H20N2O. The number of aliphatic hydroxyl groups excluding tert-OH is 1. The maximum Gasteiger partial charge on any atom is 0.0555 e. The molecule has 0 aliphatic heterocycles. The van der Waals surface area contributed by atoms with E-state index in [1.807, 2.05) is 0 Å². The van der Waals surface area contributed by atoms with Crippen molar-refractivity contribution in [2.75, 3.05) is 32.8 Å². The Morgan fingerprint density at radius 1 is 1.00 bits per heavy atom. The number of aliphatic hydroxyl groups is 1. The lowest BCUT2D eigenvalue weighted by Gasteiger charge is -2.03. The fourth-order valence-corrected chi connectivity index (χ4v) is 0.844. The van der Waals surface area contributed by atoms with Crippen molar-refractivity contribution in [3.8, 4) is 0 Å². The monoisotopic (exact) mass is 160 g/mol. The number of rotatable bonds is 8. The van der Waals surface area contributed by atoms with Gasteiger partial charge in [0, 0.05) is 6.54 Å². The van der Waals surface area contributed by atoms with Gasteiger partial charge in [0.15, 0.2) is 0 Å². The minimum absolute atomic E-state index is 0.238. The van der Waals surface area contributed by atoms with Gasteiger partial charge < -0.3 is 15.7 Å². The van der Waals surface area contributed by atoms with Crippen LogP contribution in [0.5, 0.6) is 0 Å². The van der Waals surface area contributed by atoms with Crippen LogP contribution in [0.3, 0.4) is 0 Å². The normalized spacial score (nSPS) is 10.4. The fourth-order valence-electron chi connectivity index (χ4n) is 0.844. The SMILES string of the molecule is CCCNCCCNCCO. The van der Waals surface area contributed by atoms with Crippen LogP contribution in [0.25, 0.3) is 0 Å². The third-order valence-corrected chi connectivity index (χ3v) is 1.42. The summed E-state index contributed by atoms with van der Waals surface area (Å²) in [6.07, 6.45) is 2.34. The maximum absolute atomic E-state index is 8.43. The van der Waals surface area contributed by atoms with Crippen LogP contribution >= 0.6 is 0 Å². The molecule has 3 N–H and O–H groups in total. The molecule has 0 aromatic heterocycles. The lowest BCUT2D eigenvalue weighted by Crippen LogP contribution is -2.24.